The summed E-state index contributed by atoms with van der Waals surface area (Å²) in [5.41, 5.74) is 2.09. The smallest absolute Gasteiger partial charge is 0.0838 e. The molecule has 0 aliphatic rings. The molecule has 0 amide bonds. The third kappa shape index (κ3) is 3.90. The molecular formula is C16H20O2S. The highest BCUT2D eigenvalue weighted by molar-refractivity contribution is 7.11. The zero-order chi connectivity index (χ0) is 13.7. The molecule has 0 radical (unpaired) electrons. The Labute approximate surface area is 118 Å². The van der Waals surface area contributed by atoms with Crippen molar-refractivity contribution in [3.63, 3.8) is 0 Å². The van der Waals surface area contributed by atoms with Crippen molar-refractivity contribution in [3.05, 3.63) is 57.3 Å². The summed E-state index contributed by atoms with van der Waals surface area (Å²) in [5, 5.41) is 10.3. The number of hydrogen-bond donors (Lipinski definition) is 1. The Morgan fingerprint density at radius 3 is 2.37 bits per heavy atom. The maximum absolute atomic E-state index is 10.3. The molecule has 2 aromatic rings. The first kappa shape index (κ1) is 14.3. The fourth-order valence-corrected chi connectivity index (χ4v) is 3.03. The van der Waals surface area contributed by atoms with Crippen LogP contribution in [0.5, 0.6) is 0 Å². The molecular weight excluding hydrogens is 256 g/mol. The minimum atomic E-state index is -0.431. The summed E-state index contributed by atoms with van der Waals surface area (Å²) in [6.45, 7) is 2.77. The molecule has 2 rings (SSSR count). The van der Waals surface area contributed by atoms with E-state index >= 15 is 0 Å². The van der Waals surface area contributed by atoms with Crippen LogP contribution in [-0.2, 0) is 24.2 Å². The topological polar surface area (TPSA) is 29.5 Å². The lowest BCUT2D eigenvalue weighted by atomic mass is 10.0. The average Bonchev–Trinajstić information content (AvgIpc) is 2.87. The molecule has 1 aromatic heterocycles. The normalized spacial score (nSPS) is 12.6. The first-order valence-electron chi connectivity index (χ1n) is 6.56. The van der Waals surface area contributed by atoms with Crippen LogP contribution in [0.3, 0.4) is 0 Å². The van der Waals surface area contributed by atoms with Gasteiger partial charge in [-0.3, -0.25) is 0 Å². The zero-order valence-corrected chi connectivity index (χ0v) is 12.2. The predicted octanol–water partition coefficient (Wildman–Crippen LogP) is 3.73. The summed E-state index contributed by atoms with van der Waals surface area (Å²) in [7, 11) is 1.69. The molecule has 1 aromatic carbocycles. The van der Waals surface area contributed by atoms with E-state index in [1.165, 1.54) is 9.75 Å². The van der Waals surface area contributed by atoms with Crippen molar-refractivity contribution < 1.29 is 9.84 Å². The van der Waals surface area contributed by atoms with Crippen molar-refractivity contribution >= 4 is 11.3 Å². The molecule has 102 valence electrons. The van der Waals surface area contributed by atoms with Gasteiger partial charge in [0.15, 0.2) is 0 Å². The number of rotatable bonds is 6. The van der Waals surface area contributed by atoms with Gasteiger partial charge in [-0.05, 0) is 29.7 Å². The second-order valence-electron chi connectivity index (χ2n) is 4.62. The van der Waals surface area contributed by atoms with Gasteiger partial charge in [0, 0.05) is 23.3 Å². The van der Waals surface area contributed by atoms with Crippen molar-refractivity contribution in [2.75, 3.05) is 7.11 Å². The fraction of sp³-hybridized carbons (Fsp3) is 0.375. The van der Waals surface area contributed by atoms with Crippen LogP contribution < -0.4 is 0 Å². The van der Waals surface area contributed by atoms with E-state index in [-0.39, 0.29) is 0 Å². The number of aliphatic hydroxyl groups is 1. The molecule has 1 atom stereocenters. The van der Waals surface area contributed by atoms with E-state index in [9.17, 15) is 5.11 Å². The fourth-order valence-electron chi connectivity index (χ4n) is 2.03. The molecule has 19 heavy (non-hydrogen) atoms. The van der Waals surface area contributed by atoms with E-state index in [2.05, 4.69) is 19.1 Å². The van der Waals surface area contributed by atoms with E-state index in [4.69, 9.17) is 4.74 Å². The van der Waals surface area contributed by atoms with Crippen LogP contribution in [0.2, 0.25) is 0 Å². The molecule has 0 aliphatic heterocycles. The number of benzene rings is 1. The van der Waals surface area contributed by atoms with Crippen molar-refractivity contribution in [3.8, 4) is 0 Å². The first-order valence-corrected chi connectivity index (χ1v) is 7.38. The van der Waals surface area contributed by atoms with Crippen molar-refractivity contribution in [2.24, 2.45) is 0 Å². The number of methoxy groups -OCH3 is 1. The lowest BCUT2D eigenvalue weighted by Gasteiger charge is -2.10. The maximum Gasteiger partial charge on any atom is 0.0838 e. The van der Waals surface area contributed by atoms with Gasteiger partial charge in [-0.15, -0.1) is 11.3 Å². The minimum absolute atomic E-state index is 0.431. The highest BCUT2D eigenvalue weighted by atomic mass is 32.1. The second kappa shape index (κ2) is 6.85. The molecule has 1 unspecified atom stereocenters. The molecule has 0 saturated carbocycles. The molecule has 1 N–H and O–H groups in total. The second-order valence-corrected chi connectivity index (χ2v) is 5.87. The van der Waals surface area contributed by atoms with Crippen molar-refractivity contribution in [2.45, 2.75) is 32.5 Å². The third-order valence-electron chi connectivity index (χ3n) is 3.14. The van der Waals surface area contributed by atoms with Gasteiger partial charge in [-0.1, -0.05) is 31.2 Å². The highest BCUT2D eigenvalue weighted by Gasteiger charge is 2.10. The monoisotopic (exact) mass is 276 g/mol. The minimum Gasteiger partial charge on any atom is -0.388 e. The lowest BCUT2D eigenvalue weighted by Crippen LogP contribution is -2.00. The van der Waals surface area contributed by atoms with Crippen molar-refractivity contribution in [1.82, 2.24) is 0 Å². The molecule has 3 heteroatoms. The number of hydrogen-bond acceptors (Lipinski definition) is 3. The van der Waals surface area contributed by atoms with Gasteiger partial charge in [-0.25, -0.2) is 0 Å². The Morgan fingerprint density at radius 2 is 1.79 bits per heavy atom. The molecule has 0 saturated heterocycles. The maximum atomic E-state index is 10.3. The summed E-state index contributed by atoms with van der Waals surface area (Å²) in [6.07, 6.45) is 1.32. The molecule has 0 fully saturated rings. The standard InChI is InChI=1S/C16H20O2S/c1-3-14-8-9-15(19-14)10-16(17)13-6-4-12(5-7-13)11-18-2/h4-9,16-17H,3,10-11H2,1-2H3. The Bertz CT molecular complexity index is 502. The molecule has 2 nitrogen and oxygen atoms in total. The highest BCUT2D eigenvalue weighted by Crippen LogP contribution is 2.24. The van der Waals surface area contributed by atoms with Crippen LogP contribution in [0.4, 0.5) is 0 Å². The molecule has 0 aliphatic carbocycles. The van der Waals surface area contributed by atoms with Crippen LogP contribution in [0, 0.1) is 0 Å². The predicted molar refractivity (Wildman–Crippen MR) is 79.5 cm³/mol. The summed E-state index contributed by atoms with van der Waals surface area (Å²) in [6, 6.07) is 12.2. The largest absolute Gasteiger partial charge is 0.388 e. The summed E-state index contributed by atoms with van der Waals surface area (Å²) < 4.78 is 5.08. The molecule has 1 heterocycles. The van der Waals surface area contributed by atoms with Gasteiger partial charge >= 0.3 is 0 Å². The quantitative estimate of drug-likeness (QED) is 0.871. The van der Waals surface area contributed by atoms with Gasteiger partial charge in [0.2, 0.25) is 0 Å². The van der Waals surface area contributed by atoms with Gasteiger partial charge < -0.3 is 9.84 Å². The van der Waals surface area contributed by atoms with Crippen LogP contribution in [-0.4, -0.2) is 12.2 Å². The summed E-state index contributed by atoms with van der Waals surface area (Å²) in [5.74, 6) is 0. The Balaban J connectivity index is 2.00. The van der Waals surface area contributed by atoms with E-state index in [1.54, 1.807) is 18.4 Å². The SMILES string of the molecule is CCc1ccc(CC(O)c2ccc(COC)cc2)s1. The first-order chi connectivity index (χ1) is 9.22. The Hall–Kier alpha value is -1.16. The van der Waals surface area contributed by atoms with Crippen LogP contribution in [0.1, 0.15) is 33.9 Å². The summed E-state index contributed by atoms with van der Waals surface area (Å²) in [4.78, 5) is 2.61. The van der Waals surface area contributed by atoms with Gasteiger partial charge in [-0.2, -0.15) is 0 Å². The molecule has 0 bridgehead atoms. The zero-order valence-electron chi connectivity index (χ0n) is 11.4. The average molecular weight is 276 g/mol. The van der Waals surface area contributed by atoms with Crippen LogP contribution in [0.15, 0.2) is 36.4 Å². The van der Waals surface area contributed by atoms with Gasteiger partial charge in [0.05, 0.1) is 12.7 Å². The van der Waals surface area contributed by atoms with E-state index < -0.39 is 6.10 Å². The molecule has 0 spiro atoms. The number of ether oxygens (including phenoxy) is 1. The number of aryl methyl sites for hydroxylation is 1. The van der Waals surface area contributed by atoms with E-state index in [0.717, 1.165) is 17.5 Å². The number of thiophene rings is 1. The Morgan fingerprint density at radius 1 is 1.11 bits per heavy atom. The van der Waals surface area contributed by atoms with Crippen molar-refractivity contribution in [1.29, 1.82) is 0 Å². The lowest BCUT2D eigenvalue weighted by molar-refractivity contribution is 0.178. The Kier molecular flexibility index (Phi) is 5.14. The third-order valence-corrected chi connectivity index (χ3v) is 4.39. The van der Waals surface area contributed by atoms with E-state index in [1.807, 2.05) is 24.3 Å². The van der Waals surface area contributed by atoms with Gasteiger partial charge in [0.25, 0.3) is 0 Å². The van der Waals surface area contributed by atoms with Crippen LogP contribution in [0.25, 0.3) is 0 Å². The van der Waals surface area contributed by atoms with E-state index in [0.29, 0.717) is 13.0 Å². The summed E-state index contributed by atoms with van der Waals surface area (Å²) >= 11 is 1.79. The van der Waals surface area contributed by atoms with Crippen LogP contribution >= 0.6 is 11.3 Å². The number of aliphatic hydroxyl groups excluding tert-OH is 1. The van der Waals surface area contributed by atoms with Gasteiger partial charge in [0.1, 0.15) is 0 Å².